The summed E-state index contributed by atoms with van der Waals surface area (Å²) in [5, 5.41) is 4.22. The van der Waals surface area contributed by atoms with Crippen LogP contribution in [0, 0.1) is 0 Å². The van der Waals surface area contributed by atoms with Crippen LogP contribution >= 0.6 is 11.6 Å². The van der Waals surface area contributed by atoms with Crippen molar-refractivity contribution in [3.8, 4) is 0 Å². The maximum Gasteiger partial charge on any atom is 0.417 e. The number of halogens is 4. The fraction of sp³-hybridized carbons (Fsp3) is 0.435. The third-order valence-electron chi connectivity index (χ3n) is 5.40. The van der Waals surface area contributed by atoms with Crippen LogP contribution in [-0.2, 0) is 17.6 Å². The van der Waals surface area contributed by atoms with Crippen molar-refractivity contribution in [2.45, 2.75) is 64.1 Å². The van der Waals surface area contributed by atoms with E-state index in [9.17, 15) is 13.2 Å². The molecule has 0 atom stereocenters. The first kappa shape index (κ1) is 21.7. The van der Waals surface area contributed by atoms with E-state index in [1.54, 1.807) is 6.92 Å². The summed E-state index contributed by atoms with van der Waals surface area (Å²) in [5.74, 6) is 0.632. The zero-order chi connectivity index (χ0) is 20.9. The molecular weight excluding hydrogens is 399 g/mol. The number of rotatable bonds is 6. The van der Waals surface area contributed by atoms with Crippen molar-refractivity contribution in [2.75, 3.05) is 0 Å². The fourth-order valence-electron chi connectivity index (χ4n) is 3.81. The minimum absolute atomic E-state index is 0.0415. The van der Waals surface area contributed by atoms with Crippen molar-refractivity contribution < 1.29 is 18.0 Å². The van der Waals surface area contributed by atoms with Gasteiger partial charge < -0.3 is 4.84 Å². The number of benzene rings is 2. The van der Waals surface area contributed by atoms with Gasteiger partial charge in [-0.05, 0) is 54.5 Å². The van der Waals surface area contributed by atoms with Crippen molar-refractivity contribution in [1.29, 1.82) is 0 Å². The van der Waals surface area contributed by atoms with Crippen LogP contribution < -0.4 is 0 Å². The molecule has 2 aromatic rings. The van der Waals surface area contributed by atoms with Crippen LogP contribution in [0.25, 0.3) is 0 Å². The zero-order valence-electron chi connectivity index (χ0n) is 16.4. The largest absolute Gasteiger partial charge is 0.417 e. The summed E-state index contributed by atoms with van der Waals surface area (Å²) < 4.78 is 39.9. The van der Waals surface area contributed by atoms with E-state index in [0.717, 1.165) is 11.6 Å². The van der Waals surface area contributed by atoms with Crippen LogP contribution in [0.2, 0.25) is 5.02 Å². The van der Waals surface area contributed by atoms with Gasteiger partial charge in [-0.3, -0.25) is 0 Å². The van der Waals surface area contributed by atoms with Gasteiger partial charge in [-0.1, -0.05) is 67.2 Å². The predicted molar refractivity (Wildman–Crippen MR) is 110 cm³/mol. The Kier molecular flexibility index (Phi) is 7.23. The highest BCUT2D eigenvalue weighted by Crippen LogP contribution is 2.34. The Morgan fingerprint density at radius 1 is 1.07 bits per heavy atom. The average molecular weight is 424 g/mol. The van der Waals surface area contributed by atoms with Crippen LogP contribution in [-0.4, -0.2) is 5.71 Å². The van der Waals surface area contributed by atoms with Gasteiger partial charge in [-0.15, -0.1) is 0 Å². The molecule has 0 heterocycles. The topological polar surface area (TPSA) is 21.6 Å². The molecule has 1 fully saturated rings. The van der Waals surface area contributed by atoms with Crippen LogP contribution in [0.3, 0.4) is 0 Å². The minimum Gasteiger partial charge on any atom is -0.391 e. The van der Waals surface area contributed by atoms with E-state index in [0.29, 0.717) is 12.3 Å². The van der Waals surface area contributed by atoms with E-state index >= 15 is 0 Å². The fourth-order valence-corrected chi connectivity index (χ4v) is 3.99. The molecule has 3 rings (SSSR count). The second-order valence-corrected chi connectivity index (χ2v) is 7.87. The SMILES string of the molecule is CCC(=NOCc1ccc(C2CCCCC2)cc1)c1cc(Cl)ccc1C(F)(F)F. The van der Waals surface area contributed by atoms with E-state index in [1.165, 1.54) is 49.8 Å². The third kappa shape index (κ3) is 5.75. The van der Waals surface area contributed by atoms with Gasteiger partial charge in [0, 0.05) is 10.6 Å². The molecule has 0 unspecified atom stereocenters. The van der Waals surface area contributed by atoms with Crippen molar-refractivity contribution >= 4 is 17.3 Å². The Bertz CT molecular complexity index is 840. The first-order valence-corrected chi connectivity index (χ1v) is 10.4. The maximum absolute atomic E-state index is 13.3. The molecule has 29 heavy (non-hydrogen) atoms. The van der Waals surface area contributed by atoms with Gasteiger partial charge in [-0.25, -0.2) is 0 Å². The molecule has 2 aromatic carbocycles. The van der Waals surface area contributed by atoms with E-state index in [2.05, 4.69) is 17.3 Å². The first-order valence-electron chi connectivity index (χ1n) is 10.0. The van der Waals surface area contributed by atoms with Crippen LogP contribution in [0.15, 0.2) is 47.6 Å². The molecule has 0 radical (unpaired) electrons. The average Bonchev–Trinajstić information content (AvgIpc) is 2.71. The molecule has 0 spiro atoms. The van der Waals surface area contributed by atoms with E-state index in [-0.39, 0.29) is 22.9 Å². The van der Waals surface area contributed by atoms with Crippen LogP contribution in [0.1, 0.15) is 73.6 Å². The number of nitrogens with zero attached hydrogens (tertiary/aromatic N) is 1. The van der Waals surface area contributed by atoms with Crippen molar-refractivity contribution in [3.05, 3.63) is 69.7 Å². The van der Waals surface area contributed by atoms with Crippen LogP contribution in [0.4, 0.5) is 13.2 Å². The lowest BCUT2D eigenvalue weighted by Crippen LogP contribution is -2.13. The van der Waals surface area contributed by atoms with Crippen molar-refractivity contribution in [2.24, 2.45) is 5.16 Å². The molecule has 6 heteroatoms. The summed E-state index contributed by atoms with van der Waals surface area (Å²) in [4.78, 5) is 5.40. The summed E-state index contributed by atoms with van der Waals surface area (Å²) in [5.41, 5.74) is 1.70. The van der Waals surface area contributed by atoms with E-state index in [4.69, 9.17) is 16.4 Å². The lowest BCUT2D eigenvalue weighted by Gasteiger charge is -2.22. The second-order valence-electron chi connectivity index (χ2n) is 7.43. The molecular formula is C23H25ClF3NO. The molecule has 0 saturated heterocycles. The Morgan fingerprint density at radius 2 is 1.76 bits per heavy atom. The van der Waals surface area contributed by atoms with Gasteiger partial charge in [0.15, 0.2) is 0 Å². The molecule has 1 aliphatic carbocycles. The maximum atomic E-state index is 13.3. The monoisotopic (exact) mass is 423 g/mol. The predicted octanol–water partition coefficient (Wildman–Crippen LogP) is 7.74. The second kappa shape index (κ2) is 9.66. The quantitative estimate of drug-likeness (QED) is 0.344. The third-order valence-corrected chi connectivity index (χ3v) is 5.63. The molecule has 0 bridgehead atoms. The van der Waals surface area contributed by atoms with Gasteiger partial charge in [0.1, 0.15) is 6.61 Å². The highest BCUT2D eigenvalue weighted by molar-refractivity contribution is 6.31. The molecule has 0 aliphatic heterocycles. The number of alkyl halides is 3. The summed E-state index contributed by atoms with van der Waals surface area (Å²) in [7, 11) is 0. The van der Waals surface area contributed by atoms with Crippen molar-refractivity contribution in [3.63, 3.8) is 0 Å². The first-order chi connectivity index (χ1) is 13.9. The Balaban J connectivity index is 1.69. The lowest BCUT2D eigenvalue weighted by molar-refractivity contribution is -0.137. The van der Waals surface area contributed by atoms with Gasteiger partial charge >= 0.3 is 6.18 Å². The van der Waals surface area contributed by atoms with Crippen molar-refractivity contribution in [1.82, 2.24) is 0 Å². The standard InChI is InChI=1S/C23H25ClF3NO/c1-2-22(20-14-19(24)12-13-21(20)23(25,26)27)28-29-15-16-8-10-18(11-9-16)17-6-4-3-5-7-17/h8-14,17H,2-7,15H2,1H3. The number of oxime groups is 1. The van der Waals surface area contributed by atoms with Gasteiger partial charge in [-0.2, -0.15) is 13.2 Å². The Labute approximate surface area is 174 Å². The van der Waals surface area contributed by atoms with Gasteiger partial charge in [0.25, 0.3) is 0 Å². The summed E-state index contributed by atoms with van der Waals surface area (Å²) >= 11 is 5.91. The van der Waals surface area contributed by atoms with E-state index < -0.39 is 11.7 Å². The van der Waals surface area contributed by atoms with Gasteiger partial charge in [0.2, 0.25) is 0 Å². The summed E-state index contributed by atoms with van der Waals surface area (Å²) in [6, 6.07) is 11.8. The summed E-state index contributed by atoms with van der Waals surface area (Å²) in [6.45, 7) is 1.94. The Morgan fingerprint density at radius 3 is 2.38 bits per heavy atom. The molecule has 0 N–H and O–H groups in total. The van der Waals surface area contributed by atoms with Crippen LogP contribution in [0.5, 0.6) is 0 Å². The molecule has 156 valence electrons. The molecule has 0 aromatic heterocycles. The van der Waals surface area contributed by atoms with Gasteiger partial charge in [0.05, 0.1) is 11.3 Å². The number of hydrogen-bond acceptors (Lipinski definition) is 2. The summed E-state index contributed by atoms with van der Waals surface area (Å²) in [6.07, 6.45) is 2.18. The molecule has 0 amide bonds. The molecule has 1 aliphatic rings. The smallest absolute Gasteiger partial charge is 0.391 e. The van der Waals surface area contributed by atoms with E-state index in [1.807, 2.05) is 12.1 Å². The molecule has 2 nitrogen and oxygen atoms in total. The zero-order valence-corrected chi connectivity index (χ0v) is 17.2. The number of hydrogen-bond donors (Lipinski definition) is 0. The normalized spacial score (nSPS) is 16.1. The highest BCUT2D eigenvalue weighted by atomic mass is 35.5. The lowest BCUT2D eigenvalue weighted by atomic mass is 9.84. The minimum atomic E-state index is -4.48. The highest BCUT2D eigenvalue weighted by Gasteiger charge is 2.34. The Hall–Kier alpha value is -2.01. The molecule has 1 saturated carbocycles.